The molecule has 0 aliphatic rings. The van der Waals surface area contributed by atoms with Gasteiger partial charge in [0.1, 0.15) is 11.5 Å². The van der Waals surface area contributed by atoms with Gasteiger partial charge in [-0.2, -0.15) is 0 Å². The normalized spacial score (nSPS) is 9.30. The van der Waals surface area contributed by atoms with Crippen molar-refractivity contribution < 1.29 is 19.8 Å². The van der Waals surface area contributed by atoms with Crippen LogP contribution >= 0.6 is 0 Å². The minimum Gasteiger partial charge on any atom is -0.507 e. The zero-order chi connectivity index (χ0) is 15.1. The Balaban J connectivity index is 0.000000200. The zero-order valence-electron chi connectivity index (χ0n) is 11.3. The van der Waals surface area contributed by atoms with E-state index in [1.54, 1.807) is 24.3 Å². The first-order valence-corrected chi connectivity index (χ1v) is 5.97. The minimum absolute atomic E-state index is 0.0422. The number of carbonyl (C=O) groups is 2. The first-order valence-electron chi connectivity index (χ1n) is 5.97. The third-order valence-electron chi connectivity index (χ3n) is 2.62. The number of phenols is 2. The van der Waals surface area contributed by atoms with Gasteiger partial charge < -0.3 is 10.2 Å². The van der Waals surface area contributed by atoms with Crippen LogP contribution < -0.4 is 0 Å². The lowest BCUT2D eigenvalue weighted by Crippen LogP contribution is -1.81. The highest BCUT2D eigenvalue weighted by Crippen LogP contribution is 2.15. The lowest BCUT2D eigenvalue weighted by atomic mass is 10.1. The first-order chi connectivity index (χ1) is 9.47. The van der Waals surface area contributed by atoms with Crippen molar-refractivity contribution in [2.24, 2.45) is 0 Å². The van der Waals surface area contributed by atoms with Crippen molar-refractivity contribution in [3.63, 3.8) is 0 Å². The molecule has 4 heteroatoms. The first kappa shape index (κ1) is 15.4. The Morgan fingerprint density at radius 2 is 1.10 bits per heavy atom. The molecule has 0 unspecified atom stereocenters. The van der Waals surface area contributed by atoms with Gasteiger partial charge in [0.05, 0.1) is 11.1 Å². The lowest BCUT2D eigenvalue weighted by molar-refractivity contribution is 0.111. The fourth-order valence-corrected chi connectivity index (χ4v) is 1.54. The van der Waals surface area contributed by atoms with Gasteiger partial charge in [-0.05, 0) is 38.1 Å². The fraction of sp³-hybridized carbons (Fsp3) is 0.125. The summed E-state index contributed by atoms with van der Waals surface area (Å²) in [6.45, 7) is 3.74. The van der Waals surface area contributed by atoms with Gasteiger partial charge >= 0.3 is 0 Å². The van der Waals surface area contributed by atoms with E-state index in [2.05, 4.69) is 0 Å². The second-order valence-electron chi connectivity index (χ2n) is 4.36. The van der Waals surface area contributed by atoms with Gasteiger partial charge in [0.15, 0.2) is 12.6 Å². The van der Waals surface area contributed by atoms with E-state index in [1.165, 1.54) is 12.1 Å². The van der Waals surface area contributed by atoms with Crippen LogP contribution in [0.4, 0.5) is 0 Å². The van der Waals surface area contributed by atoms with Gasteiger partial charge in [-0.15, -0.1) is 0 Å². The Kier molecular flexibility index (Phi) is 5.47. The second kappa shape index (κ2) is 7.09. The lowest BCUT2D eigenvalue weighted by Gasteiger charge is -1.96. The molecular weight excluding hydrogens is 256 g/mol. The van der Waals surface area contributed by atoms with E-state index in [9.17, 15) is 9.59 Å². The molecule has 104 valence electrons. The maximum Gasteiger partial charge on any atom is 0.153 e. The average molecular weight is 272 g/mol. The summed E-state index contributed by atoms with van der Waals surface area (Å²) in [6.07, 6.45) is 1.28. The van der Waals surface area contributed by atoms with Crippen LogP contribution in [0.2, 0.25) is 0 Å². The Morgan fingerprint density at radius 3 is 1.35 bits per heavy atom. The number of phenolic OH excluding ortho intramolecular Hbond substituents is 2. The molecule has 4 nitrogen and oxygen atoms in total. The van der Waals surface area contributed by atoms with Crippen LogP contribution in [-0.4, -0.2) is 22.8 Å². The van der Waals surface area contributed by atoms with Crippen LogP contribution in [0, 0.1) is 13.8 Å². The van der Waals surface area contributed by atoms with Crippen LogP contribution in [-0.2, 0) is 0 Å². The molecule has 0 amide bonds. The Bertz CT molecular complexity index is 562. The highest BCUT2D eigenvalue weighted by molar-refractivity contribution is 5.79. The predicted molar refractivity (Wildman–Crippen MR) is 76.5 cm³/mol. The standard InChI is InChI=1S/2C8H8O2/c2*1-6-2-3-8(10)7(4-6)5-9/h2*2-5,10H,1H3. The fourth-order valence-electron chi connectivity index (χ4n) is 1.54. The monoisotopic (exact) mass is 272 g/mol. The van der Waals surface area contributed by atoms with Crippen molar-refractivity contribution in [1.29, 1.82) is 0 Å². The number of aldehydes is 2. The topological polar surface area (TPSA) is 74.6 Å². The van der Waals surface area contributed by atoms with Crippen LogP contribution in [0.15, 0.2) is 36.4 Å². The Labute approximate surface area is 117 Å². The average Bonchev–Trinajstić information content (AvgIpc) is 2.44. The molecule has 2 rings (SSSR count). The number of aromatic hydroxyl groups is 2. The molecule has 2 aromatic rings. The predicted octanol–water partition coefficient (Wildman–Crippen LogP) is 3.03. The third-order valence-corrected chi connectivity index (χ3v) is 2.62. The summed E-state index contributed by atoms with van der Waals surface area (Å²) in [6, 6.07) is 9.81. The molecule has 2 N–H and O–H groups in total. The zero-order valence-corrected chi connectivity index (χ0v) is 11.3. The smallest absolute Gasteiger partial charge is 0.153 e. The second-order valence-corrected chi connectivity index (χ2v) is 4.36. The summed E-state index contributed by atoms with van der Waals surface area (Å²) in [4.78, 5) is 20.4. The molecule has 0 spiro atoms. The Morgan fingerprint density at radius 1 is 0.750 bits per heavy atom. The molecule has 0 fully saturated rings. The number of hydrogen-bond acceptors (Lipinski definition) is 4. The van der Waals surface area contributed by atoms with Crippen molar-refractivity contribution in [3.8, 4) is 11.5 Å². The molecule has 20 heavy (non-hydrogen) atoms. The number of hydrogen-bond donors (Lipinski definition) is 2. The molecule has 0 aliphatic heterocycles. The summed E-state index contributed by atoms with van der Waals surface area (Å²) in [5, 5.41) is 18.0. The number of rotatable bonds is 2. The van der Waals surface area contributed by atoms with Gasteiger partial charge in [-0.25, -0.2) is 0 Å². The SMILES string of the molecule is Cc1ccc(O)c(C=O)c1.Cc1ccc(O)c(C=O)c1. The molecule has 0 saturated heterocycles. The van der Waals surface area contributed by atoms with E-state index in [0.717, 1.165) is 11.1 Å². The molecule has 0 heterocycles. The van der Waals surface area contributed by atoms with E-state index in [4.69, 9.17) is 10.2 Å². The third kappa shape index (κ3) is 4.24. The van der Waals surface area contributed by atoms with Gasteiger partial charge in [0, 0.05) is 0 Å². The molecule has 0 aliphatic carbocycles. The molecule has 0 atom stereocenters. The minimum atomic E-state index is 0.0422. The number of aryl methyl sites for hydroxylation is 2. The van der Waals surface area contributed by atoms with E-state index in [1.807, 2.05) is 13.8 Å². The van der Waals surface area contributed by atoms with E-state index in [-0.39, 0.29) is 11.5 Å². The van der Waals surface area contributed by atoms with Gasteiger partial charge in [0.25, 0.3) is 0 Å². The summed E-state index contributed by atoms with van der Waals surface area (Å²) in [7, 11) is 0. The van der Waals surface area contributed by atoms with Crippen molar-refractivity contribution in [1.82, 2.24) is 0 Å². The van der Waals surface area contributed by atoms with Gasteiger partial charge in [-0.1, -0.05) is 23.3 Å². The maximum absolute atomic E-state index is 10.2. The largest absolute Gasteiger partial charge is 0.507 e. The Hall–Kier alpha value is -2.62. The van der Waals surface area contributed by atoms with Crippen LogP contribution in [0.1, 0.15) is 31.8 Å². The summed E-state index contributed by atoms with van der Waals surface area (Å²) in [5.41, 5.74) is 2.64. The van der Waals surface area contributed by atoms with Gasteiger partial charge in [-0.3, -0.25) is 9.59 Å². The van der Waals surface area contributed by atoms with Crippen molar-refractivity contribution in [2.75, 3.05) is 0 Å². The number of carbonyl (C=O) groups excluding carboxylic acids is 2. The highest BCUT2D eigenvalue weighted by atomic mass is 16.3. The quantitative estimate of drug-likeness (QED) is 0.824. The molecule has 0 aromatic heterocycles. The molecule has 2 aromatic carbocycles. The molecular formula is C16H16O4. The molecule has 0 saturated carbocycles. The highest BCUT2D eigenvalue weighted by Gasteiger charge is 1.97. The van der Waals surface area contributed by atoms with E-state index < -0.39 is 0 Å². The van der Waals surface area contributed by atoms with Gasteiger partial charge in [0.2, 0.25) is 0 Å². The van der Waals surface area contributed by atoms with Crippen LogP contribution in [0.25, 0.3) is 0 Å². The van der Waals surface area contributed by atoms with E-state index >= 15 is 0 Å². The maximum atomic E-state index is 10.2. The van der Waals surface area contributed by atoms with Crippen LogP contribution in [0.3, 0.4) is 0 Å². The summed E-state index contributed by atoms with van der Waals surface area (Å²) >= 11 is 0. The molecule has 0 radical (unpaired) electrons. The summed E-state index contributed by atoms with van der Waals surface area (Å²) < 4.78 is 0. The van der Waals surface area contributed by atoms with Crippen molar-refractivity contribution in [2.45, 2.75) is 13.8 Å². The summed E-state index contributed by atoms with van der Waals surface area (Å²) in [5.74, 6) is 0.0844. The van der Waals surface area contributed by atoms with E-state index in [0.29, 0.717) is 23.7 Å². The van der Waals surface area contributed by atoms with Crippen molar-refractivity contribution in [3.05, 3.63) is 58.7 Å². The van der Waals surface area contributed by atoms with Crippen LogP contribution in [0.5, 0.6) is 11.5 Å². The van der Waals surface area contributed by atoms with Crippen molar-refractivity contribution >= 4 is 12.6 Å². The molecule has 0 bridgehead atoms. The number of benzene rings is 2.